The maximum Gasteiger partial charge on any atom is 0.288 e. The maximum atomic E-state index is 11.9. The number of nitriles is 1. The molecule has 1 aromatic rings. The largest absolute Gasteiger partial charge is 0.456 e. The molecule has 18 heavy (non-hydrogen) atoms. The second kappa shape index (κ2) is 5.72. The van der Waals surface area contributed by atoms with E-state index in [1.807, 2.05) is 0 Å². The van der Waals surface area contributed by atoms with E-state index >= 15 is 0 Å². The van der Waals surface area contributed by atoms with Crippen molar-refractivity contribution < 1.29 is 9.21 Å². The van der Waals surface area contributed by atoms with Gasteiger partial charge in [0.1, 0.15) is 11.8 Å². The molecule has 1 aromatic heterocycles. The second-order valence-corrected chi connectivity index (χ2v) is 4.89. The summed E-state index contributed by atoms with van der Waals surface area (Å²) in [5.74, 6) is 0.971. The molecule has 1 aliphatic rings. The van der Waals surface area contributed by atoms with Gasteiger partial charge in [-0.2, -0.15) is 5.26 Å². The third kappa shape index (κ3) is 2.92. The number of hydrogen-bond acceptors (Lipinski definition) is 3. The van der Waals surface area contributed by atoms with Gasteiger partial charge in [-0.3, -0.25) is 4.79 Å². The number of carbonyl (C=O) groups excluding carboxylic acids is 1. The number of hydrogen-bond donors (Lipinski definition) is 1. The number of nitrogens with zero attached hydrogens (tertiary/aromatic N) is 1. The van der Waals surface area contributed by atoms with Gasteiger partial charge in [-0.15, -0.1) is 0 Å². The summed E-state index contributed by atoms with van der Waals surface area (Å²) in [5.41, 5.74) is 0. The molecule has 1 unspecified atom stereocenters. The summed E-state index contributed by atoms with van der Waals surface area (Å²) in [5, 5.41) is 12.0. The zero-order valence-electron chi connectivity index (χ0n) is 10.6. The zero-order chi connectivity index (χ0) is 13.0. The molecule has 0 aliphatic heterocycles. The van der Waals surface area contributed by atoms with Gasteiger partial charge in [0.05, 0.1) is 6.07 Å². The van der Waals surface area contributed by atoms with Crippen LogP contribution in [-0.2, 0) is 0 Å². The molecule has 4 heteroatoms. The van der Waals surface area contributed by atoms with Crippen LogP contribution >= 0.6 is 0 Å². The van der Waals surface area contributed by atoms with Gasteiger partial charge in [0.25, 0.3) is 5.91 Å². The minimum atomic E-state index is -0.400. The summed E-state index contributed by atoms with van der Waals surface area (Å²) in [6.07, 6.45) is 5.59. The molecule has 1 atom stereocenters. The Labute approximate surface area is 107 Å². The summed E-state index contributed by atoms with van der Waals surface area (Å²) in [7, 11) is 0. The molecule has 1 aliphatic carbocycles. The van der Waals surface area contributed by atoms with Crippen molar-refractivity contribution >= 4 is 5.91 Å². The lowest BCUT2D eigenvalue weighted by Gasteiger charge is -2.25. The van der Waals surface area contributed by atoms with E-state index in [4.69, 9.17) is 4.42 Å². The minimum Gasteiger partial charge on any atom is -0.456 e. The van der Waals surface area contributed by atoms with E-state index in [2.05, 4.69) is 11.4 Å². The van der Waals surface area contributed by atoms with Crippen molar-refractivity contribution in [2.75, 3.05) is 0 Å². The Morgan fingerprint density at radius 2 is 2.17 bits per heavy atom. The zero-order valence-corrected chi connectivity index (χ0v) is 10.6. The Hall–Kier alpha value is -1.76. The van der Waals surface area contributed by atoms with Crippen LogP contribution in [0.1, 0.15) is 48.4 Å². The molecule has 1 fully saturated rings. The van der Waals surface area contributed by atoms with Crippen LogP contribution in [0.4, 0.5) is 0 Å². The van der Waals surface area contributed by atoms with Crippen LogP contribution in [0.2, 0.25) is 0 Å². The van der Waals surface area contributed by atoms with E-state index in [1.54, 1.807) is 19.1 Å². The fraction of sp³-hybridized carbons (Fsp3) is 0.571. The molecule has 2 rings (SSSR count). The lowest BCUT2D eigenvalue weighted by Crippen LogP contribution is -2.39. The van der Waals surface area contributed by atoms with Gasteiger partial charge in [0.15, 0.2) is 5.76 Å². The Kier molecular flexibility index (Phi) is 4.03. The van der Waals surface area contributed by atoms with Gasteiger partial charge in [-0.05, 0) is 37.8 Å². The van der Waals surface area contributed by atoms with Crippen molar-refractivity contribution in [3.63, 3.8) is 0 Å². The lowest BCUT2D eigenvalue weighted by molar-refractivity contribution is 0.0899. The third-order valence-corrected chi connectivity index (χ3v) is 3.51. The van der Waals surface area contributed by atoms with Crippen LogP contribution in [0.25, 0.3) is 0 Å². The Morgan fingerprint density at radius 3 is 2.72 bits per heavy atom. The highest BCUT2D eigenvalue weighted by Gasteiger charge is 2.25. The first-order valence-electron chi connectivity index (χ1n) is 6.47. The second-order valence-electron chi connectivity index (χ2n) is 4.89. The van der Waals surface area contributed by atoms with E-state index < -0.39 is 6.04 Å². The number of aryl methyl sites for hydroxylation is 1. The van der Waals surface area contributed by atoms with Crippen LogP contribution in [-0.4, -0.2) is 11.9 Å². The molecule has 0 bridgehead atoms. The number of nitrogens with one attached hydrogen (secondary N) is 1. The van der Waals surface area contributed by atoms with Gasteiger partial charge in [0, 0.05) is 0 Å². The Morgan fingerprint density at radius 1 is 1.44 bits per heavy atom. The first kappa shape index (κ1) is 12.7. The SMILES string of the molecule is Cc1ccc(C(=O)NC(C#N)C2CCCCC2)o1. The van der Waals surface area contributed by atoms with Gasteiger partial charge in [-0.25, -0.2) is 0 Å². The van der Waals surface area contributed by atoms with Crippen LogP contribution in [0.15, 0.2) is 16.5 Å². The topological polar surface area (TPSA) is 66.0 Å². The molecule has 4 nitrogen and oxygen atoms in total. The predicted molar refractivity (Wildman–Crippen MR) is 66.9 cm³/mol. The molecule has 0 radical (unpaired) electrons. The Bertz CT molecular complexity index is 453. The number of carbonyl (C=O) groups is 1. The monoisotopic (exact) mass is 246 g/mol. The maximum absolute atomic E-state index is 11.9. The first-order valence-corrected chi connectivity index (χ1v) is 6.47. The van der Waals surface area contributed by atoms with E-state index in [0.717, 1.165) is 25.7 Å². The van der Waals surface area contributed by atoms with Crippen LogP contribution in [0, 0.1) is 24.2 Å². The summed E-state index contributed by atoms with van der Waals surface area (Å²) >= 11 is 0. The van der Waals surface area contributed by atoms with Crippen molar-refractivity contribution in [1.29, 1.82) is 5.26 Å². The lowest BCUT2D eigenvalue weighted by atomic mass is 9.84. The van der Waals surface area contributed by atoms with Gasteiger partial charge >= 0.3 is 0 Å². The fourth-order valence-corrected chi connectivity index (χ4v) is 2.49. The van der Waals surface area contributed by atoms with Gasteiger partial charge < -0.3 is 9.73 Å². The van der Waals surface area contributed by atoms with E-state index in [0.29, 0.717) is 5.76 Å². The molecular formula is C14H18N2O2. The highest BCUT2D eigenvalue weighted by molar-refractivity contribution is 5.91. The van der Waals surface area contributed by atoms with E-state index in [9.17, 15) is 10.1 Å². The average molecular weight is 246 g/mol. The molecule has 1 saturated carbocycles. The predicted octanol–water partition coefficient (Wildman–Crippen LogP) is 2.79. The number of furan rings is 1. The van der Waals surface area contributed by atoms with Crippen LogP contribution < -0.4 is 5.32 Å². The van der Waals surface area contributed by atoms with Crippen molar-refractivity contribution in [2.24, 2.45) is 5.92 Å². The van der Waals surface area contributed by atoms with E-state index in [1.165, 1.54) is 6.42 Å². The van der Waals surface area contributed by atoms with Crippen molar-refractivity contribution in [2.45, 2.75) is 45.1 Å². The molecule has 0 saturated heterocycles. The molecular weight excluding hydrogens is 228 g/mol. The Balaban J connectivity index is 1.98. The van der Waals surface area contributed by atoms with Gasteiger partial charge in [-0.1, -0.05) is 19.3 Å². The van der Waals surface area contributed by atoms with Crippen molar-refractivity contribution in [1.82, 2.24) is 5.32 Å². The smallest absolute Gasteiger partial charge is 0.288 e. The molecule has 0 spiro atoms. The van der Waals surface area contributed by atoms with Gasteiger partial charge in [0.2, 0.25) is 0 Å². The summed E-state index contributed by atoms with van der Waals surface area (Å²) in [6.45, 7) is 1.79. The quantitative estimate of drug-likeness (QED) is 0.891. The number of rotatable bonds is 3. The minimum absolute atomic E-state index is 0.281. The van der Waals surface area contributed by atoms with E-state index in [-0.39, 0.29) is 17.6 Å². The number of amides is 1. The van der Waals surface area contributed by atoms with Crippen molar-refractivity contribution in [3.8, 4) is 6.07 Å². The standard InChI is InChI=1S/C14H18N2O2/c1-10-7-8-13(18-10)14(17)16-12(9-15)11-5-3-2-4-6-11/h7-8,11-12H,2-6H2,1H3,(H,16,17). The molecule has 1 heterocycles. The highest BCUT2D eigenvalue weighted by atomic mass is 16.3. The first-order chi connectivity index (χ1) is 8.70. The normalized spacial score (nSPS) is 18.0. The molecule has 1 amide bonds. The van der Waals surface area contributed by atoms with Crippen molar-refractivity contribution in [3.05, 3.63) is 23.7 Å². The van der Waals surface area contributed by atoms with Crippen LogP contribution in [0.5, 0.6) is 0 Å². The third-order valence-electron chi connectivity index (χ3n) is 3.51. The molecule has 0 aromatic carbocycles. The fourth-order valence-electron chi connectivity index (χ4n) is 2.49. The summed E-state index contributed by atoms with van der Waals surface area (Å²) < 4.78 is 5.26. The molecule has 1 N–H and O–H groups in total. The highest BCUT2D eigenvalue weighted by Crippen LogP contribution is 2.26. The summed E-state index contributed by atoms with van der Waals surface area (Å²) in [6, 6.07) is 5.19. The van der Waals surface area contributed by atoms with Crippen LogP contribution in [0.3, 0.4) is 0 Å². The molecule has 96 valence electrons. The average Bonchev–Trinajstić information content (AvgIpc) is 2.83. The summed E-state index contributed by atoms with van der Waals surface area (Å²) in [4.78, 5) is 11.9.